The molecule has 2 heterocycles. The lowest BCUT2D eigenvalue weighted by molar-refractivity contribution is 0.114. The van der Waals surface area contributed by atoms with Crippen molar-refractivity contribution >= 4 is 60.7 Å². The minimum Gasteiger partial charge on any atom is -0.411 e. The third-order valence-corrected chi connectivity index (χ3v) is 10.2. The Hall–Kier alpha value is -2.08. The van der Waals surface area contributed by atoms with Gasteiger partial charge in [0.1, 0.15) is 12.4 Å². The molecule has 0 N–H and O–H groups in total. The average Bonchev–Trinajstić information content (AvgIpc) is 2.98. The van der Waals surface area contributed by atoms with E-state index in [1.165, 1.54) is 16.9 Å². The van der Waals surface area contributed by atoms with Gasteiger partial charge in [-0.15, -0.1) is 0 Å². The number of nitrogens with zero attached hydrogens (tertiary/aromatic N) is 3. The molecular formula is C25H35ClFN3O3Si2. The van der Waals surface area contributed by atoms with Gasteiger partial charge in [0.15, 0.2) is 0 Å². The second-order valence-electron chi connectivity index (χ2n) is 11.7. The number of fused-ring (bicyclic) bond motifs is 6. The van der Waals surface area contributed by atoms with E-state index in [9.17, 15) is 9.18 Å². The molecule has 10 heteroatoms. The fourth-order valence-corrected chi connectivity index (χ4v) is 5.90. The fourth-order valence-electron chi connectivity index (χ4n) is 4.24. The lowest BCUT2D eigenvalue weighted by Gasteiger charge is -2.26. The molecule has 4 rings (SSSR count). The Labute approximate surface area is 213 Å². The molecule has 0 radical (unpaired) electrons. The summed E-state index contributed by atoms with van der Waals surface area (Å²) < 4.78 is 15.7. The first kappa shape index (κ1) is 26.0. The molecule has 1 unspecified atom stereocenters. The number of hydrogen-bond acceptors (Lipinski definition) is 5. The molecular weight excluding hydrogens is 501 g/mol. The zero-order valence-electron chi connectivity index (χ0n) is 21.6. The molecule has 0 fully saturated rings. The van der Waals surface area contributed by atoms with Gasteiger partial charge in [-0.3, -0.25) is 9.63 Å². The Bertz CT molecular complexity index is 1320. The molecule has 1 atom stereocenters. The van der Waals surface area contributed by atoms with Crippen LogP contribution in [-0.2, 0) is 4.84 Å². The highest BCUT2D eigenvalue weighted by Crippen LogP contribution is 2.49. The van der Waals surface area contributed by atoms with Gasteiger partial charge >= 0.3 is 0 Å². The number of alkyl halides is 1. The van der Waals surface area contributed by atoms with E-state index in [-0.39, 0.29) is 5.56 Å². The molecule has 1 aliphatic heterocycles. The van der Waals surface area contributed by atoms with Crippen LogP contribution in [0.1, 0.15) is 0 Å². The largest absolute Gasteiger partial charge is 0.411 e. The van der Waals surface area contributed by atoms with E-state index in [1.807, 2.05) is 18.0 Å². The summed E-state index contributed by atoms with van der Waals surface area (Å²) in [5.41, 5.74) is 0.635. The standard InChI is InChI=1S/C25H35ClFN3O3Si2/c1-28-22-19-10-11-29(32-12-14-34(2,3)4)24(31)21(19)20-16-17(27)8-9-18(20)23(22)30(25(28)26)33-13-15-35(5,6)7/h8-11,16,25H,12-15H2,1-7H3. The van der Waals surface area contributed by atoms with Crippen LogP contribution in [-0.4, -0.2) is 46.8 Å². The van der Waals surface area contributed by atoms with Crippen LogP contribution in [0.3, 0.4) is 0 Å². The summed E-state index contributed by atoms with van der Waals surface area (Å²) in [4.78, 5) is 27.6. The molecule has 35 heavy (non-hydrogen) atoms. The number of halogens is 2. The van der Waals surface area contributed by atoms with Gasteiger partial charge in [0.25, 0.3) is 5.56 Å². The molecule has 0 saturated heterocycles. The van der Waals surface area contributed by atoms with Crippen LogP contribution in [0.25, 0.3) is 21.5 Å². The first-order valence-corrected chi connectivity index (χ1v) is 19.9. The van der Waals surface area contributed by atoms with Crippen molar-refractivity contribution in [3.8, 4) is 0 Å². The van der Waals surface area contributed by atoms with E-state index in [4.69, 9.17) is 21.3 Å². The van der Waals surface area contributed by atoms with Crippen LogP contribution >= 0.6 is 11.6 Å². The fraction of sp³-hybridized carbons (Fsp3) is 0.480. The van der Waals surface area contributed by atoms with Crippen molar-refractivity contribution in [3.63, 3.8) is 0 Å². The maximum atomic E-state index is 14.5. The van der Waals surface area contributed by atoms with Crippen molar-refractivity contribution in [1.29, 1.82) is 0 Å². The summed E-state index contributed by atoms with van der Waals surface area (Å²) in [6.45, 7) is 14.7. The molecule has 0 bridgehead atoms. The van der Waals surface area contributed by atoms with Crippen molar-refractivity contribution in [2.75, 3.05) is 30.2 Å². The Kier molecular flexibility index (Phi) is 7.00. The van der Waals surface area contributed by atoms with Crippen molar-refractivity contribution in [3.05, 3.63) is 46.6 Å². The Morgan fingerprint density at radius 3 is 2.17 bits per heavy atom. The maximum absolute atomic E-state index is 14.5. The molecule has 0 spiro atoms. The molecule has 1 aliphatic rings. The zero-order chi connectivity index (χ0) is 25.7. The van der Waals surface area contributed by atoms with Gasteiger partial charge in [-0.1, -0.05) is 50.9 Å². The highest BCUT2D eigenvalue weighted by Gasteiger charge is 2.38. The first-order chi connectivity index (χ1) is 16.3. The maximum Gasteiger partial charge on any atom is 0.291 e. The number of hydrogen-bond donors (Lipinski definition) is 0. The van der Waals surface area contributed by atoms with Crippen molar-refractivity contribution < 1.29 is 14.1 Å². The number of benzene rings is 2. The average molecular weight is 536 g/mol. The van der Waals surface area contributed by atoms with Gasteiger partial charge in [0.2, 0.25) is 5.62 Å². The van der Waals surface area contributed by atoms with Gasteiger partial charge in [-0.2, -0.15) is 4.73 Å². The monoisotopic (exact) mass is 535 g/mol. The number of aromatic nitrogens is 1. The molecule has 2 aromatic carbocycles. The summed E-state index contributed by atoms with van der Waals surface area (Å²) in [6.07, 6.45) is 1.64. The quantitative estimate of drug-likeness (QED) is 0.151. The van der Waals surface area contributed by atoms with E-state index >= 15 is 0 Å². The Morgan fingerprint density at radius 2 is 1.54 bits per heavy atom. The highest BCUT2D eigenvalue weighted by molar-refractivity contribution is 6.76. The third kappa shape index (κ3) is 5.23. The van der Waals surface area contributed by atoms with E-state index in [0.717, 1.165) is 23.5 Å². The Morgan fingerprint density at radius 1 is 0.914 bits per heavy atom. The second kappa shape index (κ2) is 9.42. The molecule has 0 aliphatic carbocycles. The zero-order valence-corrected chi connectivity index (χ0v) is 24.4. The van der Waals surface area contributed by atoms with Crippen LogP contribution in [0.2, 0.25) is 51.4 Å². The van der Waals surface area contributed by atoms with Gasteiger partial charge in [-0.25, -0.2) is 9.45 Å². The van der Waals surface area contributed by atoms with Gasteiger partial charge in [0, 0.05) is 45.6 Å². The lowest BCUT2D eigenvalue weighted by atomic mass is 9.99. The number of rotatable bonds is 8. The minimum absolute atomic E-state index is 0.311. The third-order valence-electron chi connectivity index (χ3n) is 6.30. The SMILES string of the molecule is CN1c2c(c3ccc(F)cc3c3c(=O)n(OCC[Si](C)(C)C)ccc23)N(OCC[Si](C)(C)C)C1Cl. The normalized spacial score (nSPS) is 16.4. The van der Waals surface area contributed by atoms with Crippen LogP contribution in [0.15, 0.2) is 35.3 Å². The summed E-state index contributed by atoms with van der Waals surface area (Å²) in [5, 5.41) is 4.04. The molecule has 6 nitrogen and oxygen atoms in total. The van der Waals surface area contributed by atoms with Crippen LogP contribution in [0.5, 0.6) is 0 Å². The van der Waals surface area contributed by atoms with E-state index in [2.05, 4.69) is 39.3 Å². The van der Waals surface area contributed by atoms with Crippen molar-refractivity contribution in [2.24, 2.45) is 0 Å². The topological polar surface area (TPSA) is 46.9 Å². The number of pyridine rings is 1. The first-order valence-electron chi connectivity index (χ1n) is 12.0. The van der Waals surface area contributed by atoms with E-state index < -0.39 is 27.6 Å². The van der Waals surface area contributed by atoms with Crippen LogP contribution in [0, 0.1) is 5.82 Å². The summed E-state index contributed by atoms with van der Waals surface area (Å²) in [6, 6.07) is 8.27. The predicted molar refractivity (Wildman–Crippen MR) is 150 cm³/mol. The second-order valence-corrected chi connectivity index (χ2v) is 23.3. The molecule has 0 amide bonds. The van der Waals surface area contributed by atoms with Crippen molar-refractivity contribution in [1.82, 2.24) is 4.73 Å². The molecule has 0 saturated carbocycles. The van der Waals surface area contributed by atoms with E-state index in [1.54, 1.807) is 17.3 Å². The molecule has 3 aromatic rings. The van der Waals surface area contributed by atoms with Crippen LogP contribution < -0.4 is 20.4 Å². The summed E-state index contributed by atoms with van der Waals surface area (Å²) in [5.74, 6) is -0.409. The van der Waals surface area contributed by atoms with Crippen LogP contribution in [0.4, 0.5) is 15.8 Å². The predicted octanol–water partition coefficient (Wildman–Crippen LogP) is 6.11. The highest BCUT2D eigenvalue weighted by atomic mass is 35.5. The van der Waals surface area contributed by atoms with Gasteiger partial charge < -0.3 is 9.74 Å². The smallest absolute Gasteiger partial charge is 0.291 e. The number of hydroxylamine groups is 1. The Balaban J connectivity index is 1.87. The minimum atomic E-state index is -1.32. The number of anilines is 2. The summed E-state index contributed by atoms with van der Waals surface area (Å²) in [7, 11) is -0.760. The van der Waals surface area contributed by atoms with E-state index in [0.29, 0.717) is 34.8 Å². The van der Waals surface area contributed by atoms with Crippen molar-refractivity contribution in [2.45, 2.75) is 57.0 Å². The summed E-state index contributed by atoms with van der Waals surface area (Å²) >= 11 is 6.82. The molecule has 1 aromatic heterocycles. The van der Waals surface area contributed by atoms with Gasteiger partial charge in [-0.05, 0) is 36.4 Å². The molecule has 190 valence electrons. The lowest BCUT2D eigenvalue weighted by Crippen LogP contribution is -2.37. The van der Waals surface area contributed by atoms with Gasteiger partial charge in [0.05, 0.1) is 23.4 Å².